The third-order valence-corrected chi connectivity index (χ3v) is 5.23. The number of halogens is 2. The zero-order valence-electron chi connectivity index (χ0n) is 15.5. The first-order valence-corrected chi connectivity index (χ1v) is 9.19. The lowest BCUT2D eigenvalue weighted by molar-refractivity contribution is -0.0401. The fourth-order valence-corrected chi connectivity index (χ4v) is 3.63. The third kappa shape index (κ3) is 3.67. The molecule has 1 aliphatic carbocycles. The summed E-state index contributed by atoms with van der Waals surface area (Å²) >= 11 is 0. The van der Waals surface area contributed by atoms with Crippen LogP contribution in [-0.4, -0.2) is 43.9 Å². The van der Waals surface area contributed by atoms with Gasteiger partial charge in [-0.1, -0.05) is 0 Å². The number of anilines is 1. The highest BCUT2D eigenvalue weighted by molar-refractivity contribution is 5.69. The number of aromatic nitrogens is 4. The second-order valence-corrected chi connectivity index (χ2v) is 7.17. The Bertz CT molecular complexity index is 944. The Morgan fingerprint density at radius 1 is 1.21 bits per heavy atom. The minimum atomic E-state index is -2.62. The van der Waals surface area contributed by atoms with Gasteiger partial charge in [0, 0.05) is 50.0 Å². The van der Waals surface area contributed by atoms with Gasteiger partial charge in [-0.15, -0.1) is 10.2 Å². The predicted molar refractivity (Wildman–Crippen MR) is 102 cm³/mol. The number of phenolic OH excluding ortho intramolecular Hbond substituents is 1. The molecule has 2 aromatic heterocycles. The number of phenols is 1. The van der Waals surface area contributed by atoms with E-state index >= 15 is 0 Å². The zero-order valence-corrected chi connectivity index (χ0v) is 15.5. The van der Waals surface area contributed by atoms with Crippen molar-refractivity contribution in [1.82, 2.24) is 19.7 Å². The minimum Gasteiger partial charge on any atom is -0.507 e. The molecular weight excluding hydrogens is 364 g/mol. The molecule has 2 heterocycles. The molecule has 1 atom stereocenters. The van der Waals surface area contributed by atoms with Crippen LogP contribution >= 0.6 is 0 Å². The lowest BCUT2D eigenvalue weighted by Crippen LogP contribution is -2.40. The van der Waals surface area contributed by atoms with Crippen molar-refractivity contribution in [3.05, 3.63) is 49.1 Å². The summed E-state index contributed by atoms with van der Waals surface area (Å²) in [6.45, 7) is 0. The summed E-state index contributed by atoms with van der Waals surface area (Å²) < 4.78 is 29.2. The van der Waals surface area contributed by atoms with E-state index in [4.69, 9.17) is 0 Å². The number of alkyl halides is 2. The van der Waals surface area contributed by atoms with Crippen molar-refractivity contribution < 1.29 is 13.9 Å². The molecule has 6 nitrogen and oxygen atoms in total. The molecule has 146 valence electrons. The van der Waals surface area contributed by atoms with Gasteiger partial charge in [-0.2, -0.15) is 0 Å². The molecule has 1 N–H and O–H groups in total. The van der Waals surface area contributed by atoms with Gasteiger partial charge in [0.25, 0.3) is 0 Å². The molecular formula is C20H21F2N5O. The second kappa shape index (κ2) is 7.18. The fraction of sp³-hybridized carbons (Fsp3) is 0.350. The second-order valence-electron chi connectivity index (χ2n) is 7.17. The highest BCUT2D eigenvalue weighted by atomic mass is 19.3. The summed E-state index contributed by atoms with van der Waals surface area (Å²) in [6.07, 6.45) is 6.10. The van der Waals surface area contributed by atoms with Gasteiger partial charge >= 0.3 is 0 Å². The monoisotopic (exact) mass is 385 g/mol. The van der Waals surface area contributed by atoms with Crippen LogP contribution in [0.2, 0.25) is 0 Å². The Morgan fingerprint density at radius 2 is 2.07 bits per heavy atom. The van der Waals surface area contributed by atoms with Gasteiger partial charge in [0.05, 0.1) is 17.7 Å². The van der Waals surface area contributed by atoms with Crippen LogP contribution in [0.1, 0.15) is 25.7 Å². The molecule has 3 aromatic rings. The minimum absolute atomic E-state index is 0.0453. The van der Waals surface area contributed by atoms with Gasteiger partial charge in [0.1, 0.15) is 5.75 Å². The zero-order chi connectivity index (χ0) is 19.7. The molecule has 8 heteroatoms. The number of imidazole rings is 1. The van der Waals surface area contributed by atoms with Crippen molar-refractivity contribution in [2.24, 2.45) is 0 Å². The third-order valence-electron chi connectivity index (χ3n) is 5.23. The van der Waals surface area contributed by atoms with Gasteiger partial charge in [0.15, 0.2) is 5.82 Å². The van der Waals surface area contributed by atoms with Gasteiger partial charge in [-0.05, 0) is 37.1 Å². The van der Waals surface area contributed by atoms with Crippen LogP contribution in [0, 0.1) is 0 Å². The van der Waals surface area contributed by atoms with Gasteiger partial charge < -0.3 is 14.6 Å². The number of hydrogen-bond acceptors (Lipinski definition) is 5. The maximum atomic E-state index is 13.7. The van der Waals surface area contributed by atoms with Crippen molar-refractivity contribution in [3.8, 4) is 22.7 Å². The number of nitrogens with zero attached hydrogens (tertiary/aromatic N) is 5. The van der Waals surface area contributed by atoms with E-state index in [1.54, 1.807) is 59.5 Å². The molecule has 28 heavy (non-hydrogen) atoms. The largest absolute Gasteiger partial charge is 0.507 e. The normalized spacial score (nSPS) is 18.8. The van der Waals surface area contributed by atoms with Crippen molar-refractivity contribution in [2.75, 3.05) is 11.9 Å². The molecule has 0 radical (unpaired) electrons. The van der Waals surface area contributed by atoms with Crippen LogP contribution in [0.4, 0.5) is 14.6 Å². The van der Waals surface area contributed by atoms with E-state index in [0.717, 1.165) is 5.69 Å². The molecule has 0 spiro atoms. The Kier molecular flexibility index (Phi) is 4.70. The first kappa shape index (κ1) is 18.3. The highest BCUT2D eigenvalue weighted by Gasteiger charge is 2.38. The molecule has 0 amide bonds. The van der Waals surface area contributed by atoms with Crippen LogP contribution in [0.3, 0.4) is 0 Å². The highest BCUT2D eigenvalue weighted by Crippen LogP contribution is 2.36. The van der Waals surface area contributed by atoms with Crippen molar-refractivity contribution in [2.45, 2.75) is 37.6 Å². The van der Waals surface area contributed by atoms with Crippen LogP contribution in [-0.2, 0) is 0 Å². The Hall–Kier alpha value is -3.03. The molecule has 0 aliphatic heterocycles. The molecule has 0 bridgehead atoms. The lowest BCUT2D eigenvalue weighted by Gasteiger charge is -2.35. The number of rotatable bonds is 4. The average Bonchev–Trinajstić information content (AvgIpc) is 3.21. The molecule has 1 fully saturated rings. The molecule has 0 saturated heterocycles. The van der Waals surface area contributed by atoms with Crippen LogP contribution in [0.25, 0.3) is 16.9 Å². The summed E-state index contributed by atoms with van der Waals surface area (Å²) in [5, 5.41) is 18.8. The van der Waals surface area contributed by atoms with E-state index in [-0.39, 0.29) is 24.6 Å². The Balaban J connectivity index is 1.53. The van der Waals surface area contributed by atoms with E-state index in [9.17, 15) is 13.9 Å². The summed E-state index contributed by atoms with van der Waals surface area (Å²) in [4.78, 5) is 5.76. The number of hydrogen-bond donors (Lipinski definition) is 1. The maximum absolute atomic E-state index is 13.7. The summed E-state index contributed by atoms with van der Waals surface area (Å²) in [5.74, 6) is -2.00. The van der Waals surface area contributed by atoms with Crippen LogP contribution in [0.15, 0.2) is 49.1 Å². The Labute approximate surface area is 161 Å². The first-order valence-electron chi connectivity index (χ1n) is 9.19. The SMILES string of the molecule is CN(c1ccc(-c2ccc(-n3ccnc3)cc2O)nn1)[C@H]1CCCC(F)(F)C1. The Morgan fingerprint density at radius 3 is 2.71 bits per heavy atom. The molecule has 0 unspecified atom stereocenters. The van der Waals surface area contributed by atoms with Crippen LogP contribution in [0.5, 0.6) is 5.75 Å². The summed E-state index contributed by atoms with van der Waals surface area (Å²) in [5.41, 5.74) is 1.84. The topological polar surface area (TPSA) is 67.1 Å². The van der Waals surface area contributed by atoms with Gasteiger partial charge in [-0.3, -0.25) is 0 Å². The standard InChI is InChI=1S/C20H21F2N5O/c1-26(15-3-2-8-20(21,22)12-15)19-7-6-17(24-25-19)16-5-4-14(11-18(16)28)27-10-9-23-13-27/h4-7,9-11,13,15,28H,2-3,8,12H2,1H3/t15-/m0/s1. The van der Waals surface area contributed by atoms with Crippen LogP contribution < -0.4 is 4.90 Å². The number of aromatic hydroxyl groups is 1. The van der Waals surface area contributed by atoms with Gasteiger partial charge in [-0.25, -0.2) is 13.8 Å². The fourth-order valence-electron chi connectivity index (χ4n) is 3.63. The van der Waals surface area contributed by atoms with E-state index in [1.165, 1.54) is 0 Å². The quantitative estimate of drug-likeness (QED) is 0.734. The average molecular weight is 385 g/mol. The smallest absolute Gasteiger partial charge is 0.250 e. The summed E-state index contributed by atoms with van der Waals surface area (Å²) in [7, 11) is 1.77. The maximum Gasteiger partial charge on any atom is 0.250 e. The molecule has 4 rings (SSSR count). The first-order chi connectivity index (χ1) is 13.4. The van der Waals surface area contributed by atoms with Crippen molar-refractivity contribution in [1.29, 1.82) is 0 Å². The van der Waals surface area contributed by atoms with E-state index in [0.29, 0.717) is 29.9 Å². The van der Waals surface area contributed by atoms with E-state index < -0.39 is 5.92 Å². The van der Waals surface area contributed by atoms with E-state index in [1.807, 2.05) is 6.07 Å². The number of benzene rings is 1. The molecule has 1 saturated carbocycles. The van der Waals surface area contributed by atoms with Crippen molar-refractivity contribution >= 4 is 5.82 Å². The predicted octanol–water partition coefficient (Wildman–Crippen LogP) is 4.05. The van der Waals surface area contributed by atoms with Crippen molar-refractivity contribution in [3.63, 3.8) is 0 Å². The van der Waals surface area contributed by atoms with E-state index in [2.05, 4.69) is 15.2 Å². The molecule has 1 aliphatic rings. The lowest BCUT2D eigenvalue weighted by atomic mass is 9.91. The molecule has 1 aromatic carbocycles. The summed E-state index contributed by atoms with van der Waals surface area (Å²) in [6, 6.07) is 8.47. The van der Waals surface area contributed by atoms with Gasteiger partial charge in [0.2, 0.25) is 5.92 Å².